The Labute approximate surface area is 133 Å². The lowest BCUT2D eigenvalue weighted by atomic mass is 9.64. The highest BCUT2D eigenvalue weighted by molar-refractivity contribution is 5.93. The predicted molar refractivity (Wildman–Crippen MR) is 82.8 cm³/mol. The molecule has 0 unspecified atom stereocenters. The minimum absolute atomic E-state index is 0.310. The van der Waals surface area contributed by atoms with Crippen LogP contribution < -0.4 is 5.32 Å². The SMILES string of the molecule is Cc1cc(NC(=O)COC(=O)C2(c3ccccc3)CCC2)no1. The van der Waals surface area contributed by atoms with Gasteiger partial charge >= 0.3 is 5.97 Å². The van der Waals surface area contributed by atoms with Gasteiger partial charge in [0.05, 0.1) is 5.41 Å². The van der Waals surface area contributed by atoms with Crippen molar-refractivity contribution in [1.82, 2.24) is 5.16 Å². The van der Waals surface area contributed by atoms with E-state index < -0.39 is 11.3 Å². The number of esters is 1. The molecule has 1 aliphatic carbocycles. The van der Waals surface area contributed by atoms with Gasteiger partial charge in [-0.25, -0.2) is 0 Å². The molecule has 0 spiro atoms. The first-order valence-corrected chi connectivity index (χ1v) is 7.56. The van der Waals surface area contributed by atoms with E-state index in [0.29, 0.717) is 11.6 Å². The zero-order valence-electron chi connectivity index (χ0n) is 12.9. The van der Waals surface area contributed by atoms with Crippen LogP contribution in [-0.2, 0) is 19.7 Å². The summed E-state index contributed by atoms with van der Waals surface area (Å²) in [5.41, 5.74) is 0.343. The zero-order valence-corrected chi connectivity index (χ0v) is 12.9. The van der Waals surface area contributed by atoms with E-state index in [2.05, 4.69) is 10.5 Å². The maximum atomic E-state index is 12.5. The number of hydrogen-bond acceptors (Lipinski definition) is 5. The Balaban J connectivity index is 1.59. The fraction of sp³-hybridized carbons (Fsp3) is 0.353. The van der Waals surface area contributed by atoms with Gasteiger partial charge in [0.15, 0.2) is 12.4 Å². The first kappa shape index (κ1) is 15.3. The lowest BCUT2D eigenvalue weighted by Gasteiger charge is -2.39. The van der Waals surface area contributed by atoms with Crippen LogP contribution in [0.5, 0.6) is 0 Å². The van der Waals surface area contributed by atoms with E-state index >= 15 is 0 Å². The Morgan fingerprint density at radius 1 is 1.30 bits per heavy atom. The van der Waals surface area contributed by atoms with Gasteiger partial charge in [-0.1, -0.05) is 41.9 Å². The Morgan fingerprint density at radius 2 is 2.04 bits per heavy atom. The van der Waals surface area contributed by atoms with E-state index in [4.69, 9.17) is 9.26 Å². The number of hydrogen-bond donors (Lipinski definition) is 1. The number of nitrogens with one attached hydrogen (secondary N) is 1. The summed E-state index contributed by atoms with van der Waals surface area (Å²) in [5, 5.41) is 6.18. The maximum absolute atomic E-state index is 12.5. The van der Waals surface area contributed by atoms with Gasteiger partial charge in [-0.2, -0.15) is 0 Å². The van der Waals surface area contributed by atoms with E-state index in [1.807, 2.05) is 30.3 Å². The molecule has 0 aliphatic heterocycles. The number of ether oxygens (including phenoxy) is 1. The van der Waals surface area contributed by atoms with Crippen LogP contribution >= 0.6 is 0 Å². The van der Waals surface area contributed by atoms with Crippen molar-refractivity contribution in [3.8, 4) is 0 Å². The summed E-state index contributed by atoms with van der Waals surface area (Å²) in [4.78, 5) is 24.3. The van der Waals surface area contributed by atoms with Gasteiger partial charge in [-0.3, -0.25) is 9.59 Å². The van der Waals surface area contributed by atoms with Crippen LogP contribution in [0.25, 0.3) is 0 Å². The molecule has 120 valence electrons. The second kappa shape index (κ2) is 6.24. The fourth-order valence-electron chi connectivity index (χ4n) is 2.77. The number of carbonyl (C=O) groups is 2. The van der Waals surface area contributed by atoms with E-state index in [1.54, 1.807) is 13.0 Å². The molecule has 1 heterocycles. The molecule has 0 bridgehead atoms. The number of carbonyl (C=O) groups excluding carboxylic acids is 2. The molecule has 6 heteroatoms. The summed E-state index contributed by atoms with van der Waals surface area (Å²) >= 11 is 0. The van der Waals surface area contributed by atoms with E-state index in [0.717, 1.165) is 24.8 Å². The number of anilines is 1. The van der Waals surface area contributed by atoms with Gasteiger partial charge in [0.1, 0.15) is 5.76 Å². The fourth-order valence-corrected chi connectivity index (χ4v) is 2.77. The standard InChI is InChI=1S/C17H18N2O4/c1-12-10-14(19-23-12)18-15(20)11-22-16(21)17(8-5-9-17)13-6-3-2-4-7-13/h2-4,6-7,10H,5,8-9,11H2,1H3,(H,18,19,20). The Bertz CT molecular complexity index is 704. The minimum Gasteiger partial charge on any atom is -0.455 e. The van der Waals surface area contributed by atoms with E-state index in [1.165, 1.54) is 0 Å². The second-order valence-electron chi connectivity index (χ2n) is 5.75. The van der Waals surface area contributed by atoms with Crippen molar-refractivity contribution in [2.24, 2.45) is 0 Å². The smallest absolute Gasteiger partial charge is 0.317 e. The minimum atomic E-state index is -0.605. The molecule has 6 nitrogen and oxygen atoms in total. The number of aryl methyl sites for hydroxylation is 1. The predicted octanol–water partition coefficient (Wildman–Crippen LogP) is 2.59. The first-order valence-electron chi connectivity index (χ1n) is 7.56. The molecule has 0 radical (unpaired) electrons. The second-order valence-corrected chi connectivity index (χ2v) is 5.75. The van der Waals surface area contributed by atoms with Crippen LogP contribution in [0.3, 0.4) is 0 Å². The molecule has 0 saturated heterocycles. The van der Waals surface area contributed by atoms with Crippen LogP contribution in [0.15, 0.2) is 40.9 Å². The van der Waals surface area contributed by atoms with Crippen molar-refractivity contribution in [3.05, 3.63) is 47.7 Å². The van der Waals surface area contributed by atoms with Crippen molar-refractivity contribution in [2.45, 2.75) is 31.6 Å². The maximum Gasteiger partial charge on any atom is 0.317 e. The van der Waals surface area contributed by atoms with Crippen molar-refractivity contribution in [3.63, 3.8) is 0 Å². The molecule has 2 aromatic rings. The molecule has 23 heavy (non-hydrogen) atoms. The lowest BCUT2D eigenvalue weighted by Crippen LogP contribution is -2.44. The van der Waals surface area contributed by atoms with E-state index in [-0.39, 0.29) is 12.6 Å². The van der Waals surface area contributed by atoms with Gasteiger partial charge in [-0.15, -0.1) is 0 Å². The number of benzene rings is 1. The van der Waals surface area contributed by atoms with Gasteiger partial charge < -0.3 is 14.6 Å². The summed E-state index contributed by atoms with van der Waals surface area (Å²) in [5.74, 6) is 0.121. The summed E-state index contributed by atoms with van der Waals surface area (Å²) in [6.07, 6.45) is 2.48. The average molecular weight is 314 g/mol. The van der Waals surface area contributed by atoms with Crippen LogP contribution in [0.1, 0.15) is 30.6 Å². The molecule has 1 N–H and O–H groups in total. The molecular formula is C17H18N2O4. The third-order valence-electron chi connectivity index (χ3n) is 4.15. The molecule has 1 aromatic heterocycles. The lowest BCUT2D eigenvalue weighted by molar-refractivity contribution is -0.156. The average Bonchev–Trinajstić information content (AvgIpc) is 2.90. The van der Waals surface area contributed by atoms with Crippen LogP contribution in [0.2, 0.25) is 0 Å². The number of aromatic nitrogens is 1. The summed E-state index contributed by atoms with van der Waals surface area (Å²) < 4.78 is 10.1. The Kier molecular flexibility index (Phi) is 4.14. The molecule has 3 rings (SSSR count). The van der Waals surface area contributed by atoms with Gasteiger partial charge in [0, 0.05) is 6.07 Å². The van der Waals surface area contributed by atoms with Gasteiger partial charge in [0.25, 0.3) is 5.91 Å². The third-order valence-corrected chi connectivity index (χ3v) is 4.15. The molecule has 1 saturated carbocycles. The highest BCUT2D eigenvalue weighted by Gasteiger charge is 2.47. The monoisotopic (exact) mass is 314 g/mol. The zero-order chi connectivity index (χ0) is 16.3. The number of amides is 1. The highest BCUT2D eigenvalue weighted by atomic mass is 16.5. The topological polar surface area (TPSA) is 81.4 Å². The first-order chi connectivity index (χ1) is 11.1. The van der Waals surface area contributed by atoms with E-state index in [9.17, 15) is 9.59 Å². The molecule has 1 amide bonds. The Morgan fingerprint density at radius 3 is 2.61 bits per heavy atom. The van der Waals surface area contributed by atoms with Crippen LogP contribution in [0, 0.1) is 6.92 Å². The molecule has 1 aliphatic rings. The third kappa shape index (κ3) is 3.11. The normalized spacial score (nSPS) is 15.5. The van der Waals surface area contributed by atoms with Crippen LogP contribution in [0.4, 0.5) is 5.82 Å². The van der Waals surface area contributed by atoms with Crippen molar-refractivity contribution in [1.29, 1.82) is 0 Å². The molecule has 1 fully saturated rings. The van der Waals surface area contributed by atoms with Gasteiger partial charge in [-0.05, 0) is 25.3 Å². The summed E-state index contributed by atoms with van der Waals surface area (Å²) in [7, 11) is 0. The summed E-state index contributed by atoms with van der Waals surface area (Å²) in [6.45, 7) is 1.39. The van der Waals surface area contributed by atoms with Crippen molar-refractivity contribution >= 4 is 17.7 Å². The van der Waals surface area contributed by atoms with Gasteiger partial charge in [0.2, 0.25) is 0 Å². The number of rotatable bonds is 5. The molecule has 1 aromatic carbocycles. The largest absolute Gasteiger partial charge is 0.455 e. The Hall–Kier alpha value is -2.63. The van der Waals surface area contributed by atoms with Crippen LogP contribution in [-0.4, -0.2) is 23.6 Å². The van der Waals surface area contributed by atoms with Crippen molar-refractivity contribution < 1.29 is 18.8 Å². The van der Waals surface area contributed by atoms with Crippen molar-refractivity contribution in [2.75, 3.05) is 11.9 Å². The molecular weight excluding hydrogens is 296 g/mol. The quantitative estimate of drug-likeness (QED) is 0.858. The number of nitrogens with zero attached hydrogens (tertiary/aromatic N) is 1. The highest BCUT2D eigenvalue weighted by Crippen LogP contribution is 2.44. The summed E-state index contributed by atoms with van der Waals surface area (Å²) in [6, 6.07) is 11.2. The molecule has 0 atom stereocenters.